The first-order valence-electron chi connectivity index (χ1n) is 7.92. The van der Waals surface area contributed by atoms with Crippen molar-refractivity contribution in [2.45, 2.75) is 25.8 Å². The molecule has 2 aromatic carbocycles. The van der Waals surface area contributed by atoms with E-state index in [1.807, 2.05) is 0 Å². The number of likely N-dealkylation sites (tertiary alicyclic amines) is 1. The molecule has 1 N–H and O–H groups in total. The van der Waals surface area contributed by atoms with Gasteiger partial charge < -0.3 is 4.90 Å². The summed E-state index contributed by atoms with van der Waals surface area (Å²) >= 11 is 3.67. The van der Waals surface area contributed by atoms with E-state index in [-0.39, 0.29) is 0 Å². The van der Waals surface area contributed by atoms with E-state index in [9.17, 15) is 0 Å². The Morgan fingerprint density at radius 3 is 2.29 bits per heavy atom. The minimum Gasteiger partial charge on any atom is -0.331 e. The van der Waals surface area contributed by atoms with Gasteiger partial charge in [0.05, 0.1) is 13.1 Å². The number of hydrogen-bond donors (Lipinski definition) is 1. The first-order chi connectivity index (χ1) is 10.3. The molecule has 2 aromatic rings. The van der Waals surface area contributed by atoms with Crippen molar-refractivity contribution in [3.8, 4) is 0 Å². The van der Waals surface area contributed by atoms with Crippen LogP contribution < -0.4 is 4.90 Å². The van der Waals surface area contributed by atoms with Crippen LogP contribution in [0.5, 0.6) is 0 Å². The second-order valence-corrected chi connectivity index (χ2v) is 7.01. The van der Waals surface area contributed by atoms with Crippen molar-refractivity contribution >= 4 is 15.9 Å². The molecule has 0 aliphatic carbocycles. The van der Waals surface area contributed by atoms with E-state index in [0.717, 1.165) is 12.5 Å². The summed E-state index contributed by atoms with van der Waals surface area (Å²) in [5, 5.41) is 0. The SMILES string of the molecule is Brc1ccccc1C[NH+]1CCC(Cc2ccccc2)CC1. The summed E-state index contributed by atoms with van der Waals surface area (Å²) < 4.78 is 1.25. The predicted octanol–water partition coefficient (Wildman–Crippen LogP) is 3.49. The zero-order valence-corrected chi connectivity index (χ0v) is 14.0. The lowest BCUT2D eigenvalue weighted by atomic mass is 9.90. The molecule has 3 rings (SSSR count). The van der Waals surface area contributed by atoms with Crippen molar-refractivity contribution in [2.75, 3.05) is 13.1 Å². The highest BCUT2D eigenvalue weighted by Crippen LogP contribution is 2.18. The summed E-state index contributed by atoms with van der Waals surface area (Å²) in [6.45, 7) is 3.76. The minimum absolute atomic E-state index is 0.871. The standard InChI is InChI=1S/C19H22BrN/c20-19-9-5-4-8-18(19)15-21-12-10-17(11-13-21)14-16-6-2-1-3-7-16/h1-9,17H,10-15H2/p+1. The maximum absolute atomic E-state index is 3.67. The Hall–Kier alpha value is -1.12. The lowest BCUT2D eigenvalue weighted by molar-refractivity contribution is -0.919. The number of halogens is 1. The van der Waals surface area contributed by atoms with Gasteiger partial charge in [0, 0.05) is 10.0 Å². The highest BCUT2D eigenvalue weighted by molar-refractivity contribution is 9.10. The quantitative estimate of drug-likeness (QED) is 0.865. The van der Waals surface area contributed by atoms with Gasteiger partial charge in [0.25, 0.3) is 0 Å². The minimum atomic E-state index is 0.871. The predicted molar refractivity (Wildman–Crippen MR) is 91.4 cm³/mol. The topological polar surface area (TPSA) is 4.44 Å². The molecule has 0 saturated carbocycles. The molecule has 1 nitrogen and oxygen atoms in total. The van der Waals surface area contributed by atoms with Crippen LogP contribution in [-0.4, -0.2) is 13.1 Å². The van der Waals surface area contributed by atoms with Crippen LogP contribution in [0.4, 0.5) is 0 Å². The van der Waals surface area contributed by atoms with Crippen LogP contribution in [0.1, 0.15) is 24.0 Å². The van der Waals surface area contributed by atoms with Crippen molar-refractivity contribution in [2.24, 2.45) is 5.92 Å². The maximum Gasteiger partial charge on any atom is 0.104 e. The van der Waals surface area contributed by atoms with E-state index in [0.29, 0.717) is 0 Å². The number of nitrogens with one attached hydrogen (secondary N) is 1. The summed E-state index contributed by atoms with van der Waals surface area (Å²) in [7, 11) is 0. The summed E-state index contributed by atoms with van der Waals surface area (Å²) in [6.07, 6.45) is 3.96. The molecule has 0 radical (unpaired) electrons. The molecule has 0 unspecified atom stereocenters. The summed E-state index contributed by atoms with van der Waals surface area (Å²) in [6, 6.07) is 19.6. The van der Waals surface area contributed by atoms with Crippen LogP contribution >= 0.6 is 15.9 Å². The molecule has 0 atom stereocenters. The monoisotopic (exact) mass is 344 g/mol. The van der Waals surface area contributed by atoms with Gasteiger partial charge in [0.2, 0.25) is 0 Å². The number of piperidine rings is 1. The van der Waals surface area contributed by atoms with Crippen LogP contribution in [0, 0.1) is 5.92 Å². The van der Waals surface area contributed by atoms with Gasteiger partial charge in [-0.1, -0.05) is 64.5 Å². The fourth-order valence-corrected chi connectivity index (χ4v) is 3.75. The van der Waals surface area contributed by atoms with Gasteiger partial charge in [-0.3, -0.25) is 0 Å². The van der Waals surface area contributed by atoms with E-state index < -0.39 is 0 Å². The van der Waals surface area contributed by atoms with Crippen molar-refractivity contribution in [1.82, 2.24) is 0 Å². The Balaban J connectivity index is 1.50. The van der Waals surface area contributed by atoms with E-state index in [1.54, 1.807) is 4.90 Å². The zero-order valence-electron chi connectivity index (χ0n) is 12.4. The van der Waals surface area contributed by atoms with Crippen molar-refractivity contribution in [3.63, 3.8) is 0 Å². The molecular weight excluding hydrogens is 322 g/mol. The molecule has 0 amide bonds. The van der Waals surface area contributed by atoms with Gasteiger partial charge >= 0.3 is 0 Å². The smallest absolute Gasteiger partial charge is 0.104 e. The van der Waals surface area contributed by atoms with E-state index in [1.165, 1.54) is 48.0 Å². The molecule has 1 aliphatic heterocycles. The third-order valence-corrected chi connectivity index (χ3v) is 5.35. The van der Waals surface area contributed by atoms with E-state index >= 15 is 0 Å². The summed E-state index contributed by atoms with van der Waals surface area (Å²) in [5.74, 6) is 0.871. The Kier molecular flexibility index (Phi) is 5.10. The molecule has 1 aliphatic rings. The number of rotatable bonds is 4. The zero-order chi connectivity index (χ0) is 14.5. The molecule has 0 bridgehead atoms. The van der Waals surface area contributed by atoms with Crippen LogP contribution in [0.25, 0.3) is 0 Å². The molecular formula is C19H23BrN+. The van der Waals surface area contributed by atoms with Crippen LogP contribution in [0.15, 0.2) is 59.1 Å². The third-order valence-electron chi connectivity index (χ3n) is 4.58. The van der Waals surface area contributed by atoms with Gasteiger partial charge in [0.1, 0.15) is 6.54 Å². The molecule has 1 heterocycles. The number of benzene rings is 2. The highest BCUT2D eigenvalue weighted by atomic mass is 79.9. The van der Waals surface area contributed by atoms with Crippen LogP contribution in [0.3, 0.4) is 0 Å². The van der Waals surface area contributed by atoms with Gasteiger partial charge in [-0.25, -0.2) is 0 Å². The summed E-state index contributed by atoms with van der Waals surface area (Å²) in [5.41, 5.74) is 2.94. The molecule has 21 heavy (non-hydrogen) atoms. The highest BCUT2D eigenvalue weighted by Gasteiger charge is 2.22. The van der Waals surface area contributed by atoms with Crippen molar-refractivity contribution < 1.29 is 4.90 Å². The average molecular weight is 345 g/mol. The van der Waals surface area contributed by atoms with Gasteiger partial charge in [-0.15, -0.1) is 0 Å². The maximum atomic E-state index is 3.67. The van der Waals surface area contributed by atoms with Gasteiger partial charge in [-0.05, 0) is 36.8 Å². The summed E-state index contributed by atoms with van der Waals surface area (Å²) in [4.78, 5) is 1.73. The second kappa shape index (κ2) is 7.24. The molecule has 2 heteroatoms. The lowest BCUT2D eigenvalue weighted by Gasteiger charge is -2.29. The Morgan fingerprint density at radius 1 is 0.905 bits per heavy atom. The lowest BCUT2D eigenvalue weighted by Crippen LogP contribution is -3.11. The Morgan fingerprint density at radius 2 is 1.57 bits per heavy atom. The molecule has 1 fully saturated rings. The number of quaternary nitrogens is 1. The van der Waals surface area contributed by atoms with Crippen molar-refractivity contribution in [1.29, 1.82) is 0 Å². The van der Waals surface area contributed by atoms with Crippen LogP contribution in [-0.2, 0) is 13.0 Å². The Bertz CT molecular complexity index is 559. The molecule has 110 valence electrons. The van der Waals surface area contributed by atoms with Crippen LogP contribution in [0.2, 0.25) is 0 Å². The van der Waals surface area contributed by atoms with E-state index in [4.69, 9.17) is 0 Å². The van der Waals surface area contributed by atoms with Gasteiger partial charge in [-0.2, -0.15) is 0 Å². The number of hydrogen-bond acceptors (Lipinski definition) is 0. The normalized spacial score (nSPS) is 22.1. The second-order valence-electron chi connectivity index (χ2n) is 6.15. The largest absolute Gasteiger partial charge is 0.331 e. The molecule has 1 saturated heterocycles. The first kappa shape index (κ1) is 14.8. The molecule has 0 spiro atoms. The van der Waals surface area contributed by atoms with Crippen molar-refractivity contribution in [3.05, 3.63) is 70.2 Å². The van der Waals surface area contributed by atoms with Gasteiger partial charge in [0.15, 0.2) is 0 Å². The third kappa shape index (κ3) is 4.18. The van der Waals surface area contributed by atoms with E-state index in [2.05, 4.69) is 70.5 Å². The fourth-order valence-electron chi connectivity index (χ4n) is 3.33. The Labute approximate surface area is 136 Å². The molecule has 0 aromatic heterocycles. The first-order valence-corrected chi connectivity index (χ1v) is 8.71. The average Bonchev–Trinajstić information content (AvgIpc) is 2.52. The fraction of sp³-hybridized carbons (Fsp3) is 0.368.